The lowest BCUT2D eigenvalue weighted by atomic mass is 10.0. The summed E-state index contributed by atoms with van der Waals surface area (Å²) in [6.07, 6.45) is -3.33. The number of rotatable bonds is 5. The molecule has 0 spiro atoms. The molecule has 9 heteroatoms. The number of hydrogen-bond acceptors (Lipinski definition) is 5. The van der Waals surface area contributed by atoms with Gasteiger partial charge in [-0.25, -0.2) is 10.2 Å². The average Bonchev–Trinajstić information content (AvgIpc) is 3.21. The lowest BCUT2D eigenvalue weighted by Crippen LogP contribution is -2.18. The summed E-state index contributed by atoms with van der Waals surface area (Å²) in [6.45, 7) is 1.76. The Labute approximate surface area is 175 Å². The number of hydrogen-bond donors (Lipinski definition) is 1. The largest absolute Gasteiger partial charge is 0.465 e. The van der Waals surface area contributed by atoms with E-state index in [1.54, 1.807) is 37.3 Å². The number of esters is 1. The number of alkyl halides is 3. The molecule has 1 amide bonds. The van der Waals surface area contributed by atoms with Crippen LogP contribution in [0, 0.1) is 6.92 Å². The molecule has 160 valence electrons. The number of halogens is 3. The Hall–Kier alpha value is -3.88. The molecule has 0 saturated carbocycles. The van der Waals surface area contributed by atoms with Crippen molar-refractivity contribution in [2.75, 3.05) is 7.11 Å². The number of carbonyl (C=O) groups is 2. The fourth-order valence-electron chi connectivity index (χ4n) is 2.86. The number of ether oxygens (including phenoxy) is 1. The molecule has 2 aromatic carbocycles. The van der Waals surface area contributed by atoms with Gasteiger partial charge >= 0.3 is 12.1 Å². The Morgan fingerprint density at radius 2 is 1.84 bits per heavy atom. The Balaban J connectivity index is 1.72. The number of nitrogens with zero attached hydrogens (tertiary/aromatic N) is 1. The molecule has 0 aliphatic rings. The molecule has 1 aromatic heterocycles. The third kappa shape index (κ3) is 5.00. The van der Waals surface area contributed by atoms with Gasteiger partial charge in [-0.05, 0) is 48.9 Å². The summed E-state index contributed by atoms with van der Waals surface area (Å²) >= 11 is 0. The van der Waals surface area contributed by atoms with Crippen LogP contribution in [0.2, 0.25) is 0 Å². The van der Waals surface area contributed by atoms with Crippen molar-refractivity contribution >= 4 is 18.1 Å². The van der Waals surface area contributed by atoms with Gasteiger partial charge in [-0.3, -0.25) is 4.79 Å². The molecule has 0 saturated heterocycles. The zero-order valence-electron chi connectivity index (χ0n) is 16.5. The number of hydrazone groups is 1. The molecule has 1 N–H and O–H groups in total. The van der Waals surface area contributed by atoms with E-state index in [9.17, 15) is 22.8 Å². The van der Waals surface area contributed by atoms with Crippen molar-refractivity contribution in [2.45, 2.75) is 13.1 Å². The number of nitrogens with one attached hydrogen (secondary N) is 1. The molecule has 0 aliphatic heterocycles. The van der Waals surface area contributed by atoms with Gasteiger partial charge in [0.15, 0.2) is 0 Å². The highest BCUT2D eigenvalue weighted by molar-refractivity contribution is 5.95. The molecule has 0 fully saturated rings. The Kier molecular flexibility index (Phi) is 6.24. The van der Waals surface area contributed by atoms with Crippen LogP contribution < -0.4 is 5.43 Å². The van der Waals surface area contributed by atoms with Gasteiger partial charge in [-0.1, -0.05) is 18.2 Å². The molecule has 0 radical (unpaired) electrons. The number of carbonyl (C=O) groups excluding carboxylic acids is 2. The summed E-state index contributed by atoms with van der Waals surface area (Å²) < 4.78 is 48.7. The lowest BCUT2D eigenvalue weighted by Gasteiger charge is -2.08. The summed E-state index contributed by atoms with van der Waals surface area (Å²) in [5, 5.41) is 3.72. The highest BCUT2D eigenvalue weighted by Gasteiger charge is 2.30. The first-order chi connectivity index (χ1) is 14.7. The van der Waals surface area contributed by atoms with Crippen LogP contribution >= 0.6 is 0 Å². The van der Waals surface area contributed by atoms with Gasteiger partial charge in [0.2, 0.25) is 0 Å². The van der Waals surface area contributed by atoms with E-state index in [2.05, 4.69) is 10.5 Å². The van der Waals surface area contributed by atoms with Crippen molar-refractivity contribution < 1.29 is 31.9 Å². The molecule has 31 heavy (non-hydrogen) atoms. The van der Waals surface area contributed by atoms with E-state index in [-0.39, 0.29) is 5.56 Å². The molecular formula is C22H17F3N2O4. The first kappa shape index (κ1) is 21.8. The molecule has 0 atom stereocenters. The van der Waals surface area contributed by atoms with Crippen LogP contribution in [0.1, 0.15) is 37.6 Å². The van der Waals surface area contributed by atoms with Gasteiger partial charge < -0.3 is 9.15 Å². The Morgan fingerprint density at radius 1 is 1.10 bits per heavy atom. The van der Waals surface area contributed by atoms with Crippen molar-refractivity contribution in [3.8, 4) is 11.3 Å². The maximum atomic E-state index is 12.8. The predicted molar refractivity (Wildman–Crippen MR) is 107 cm³/mol. The number of methoxy groups -OCH3 is 1. The molecule has 1 heterocycles. The minimum atomic E-state index is -4.55. The van der Waals surface area contributed by atoms with Crippen LogP contribution in [0.3, 0.4) is 0 Å². The summed E-state index contributed by atoms with van der Waals surface area (Å²) in [5.41, 5.74) is 2.81. The molecule has 0 aliphatic carbocycles. The van der Waals surface area contributed by atoms with E-state index >= 15 is 0 Å². The SMILES string of the molecule is COC(=O)c1cccc(-c2ccc(/C=N\NC(=O)c3cccc(C(F)(F)F)c3)o2)c1C. The number of benzene rings is 2. The zero-order chi connectivity index (χ0) is 22.6. The van der Waals surface area contributed by atoms with E-state index in [0.29, 0.717) is 28.2 Å². The quantitative estimate of drug-likeness (QED) is 0.357. The van der Waals surface area contributed by atoms with E-state index in [1.165, 1.54) is 19.4 Å². The summed E-state index contributed by atoms with van der Waals surface area (Å²) in [6, 6.07) is 12.4. The van der Waals surface area contributed by atoms with E-state index in [4.69, 9.17) is 9.15 Å². The maximum Gasteiger partial charge on any atom is 0.416 e. The standard InChI is InChI=1S/C22H17F3N2O4/c1-13-17(7-4-8-18(13)21(29)30-2)19-10-9-16(31-19)12-26-27-20(28)14-5-3-6-15(11-14)22(23,24)25/h3-12H,1-2H3,(H,27,28)/b26-12-. The second kappa shape index (κ2) is 8.86. The van der Waals surface area contributed by atoms with E-state index in [1.807, 2.05) is 0 Å². The molecule has 3 aromatic rings. The monoisotopic (exact) mass is 430 g/mol. The third-order valence-electron chi connectivity index (χ3n) is 4.44. The summed E-state index contributed by atoms with van der Waals surface area (Å²) in [4.78, 5) is 23.9. The highest BCUT2D eigenvalue weighted by atomic mass is 19.4. The van der Waals surface area contributed by atoms with E-state index < -0.39 is 23.6 Å². The van der Waals surface area contributed by atoms with Crippen molar-refractivity contribution in [1.82, 2.24) is 5.43 Å². The normalized spacial score (nSPS) is 11.5. The smallest absolute Gasteiger partial charge is 0.416 e. The third-order valence-corrected chi connectivity index (χ3v) is 4.44. The predicted octanol–water partition coefficient (Wildman–Crippen LogP) is 4.82. The van der Waals surface area contributed by atoms with Crippen LogP contribution in [0.15, 0.2) is 64.1 Å². The summed E-state index contributed by atoms with van der Waals surface area (Å²) in [5.74, 6) is -0.503. The second-order valence-electron chi connectivity index (χ2n) is 6.45. The van der Waals surface area contributed by atoms with Gasteiger partial charge in [-0.2, -0.15) is 18.3 Å². The van der Waals surface area contributed by atoms with Gasteiger partial charge in [0, 0.05) is 11.1 Å². The highest BCUT2D eigenvalue weighted by Crippen LogP contribution is 2.30. The van der Waals surface area contributed by atoms with Crippen molar-refractivity contribution in [3.63, 3.8) is 0 Å². The van der Waals surface area contributed by atoms with Crippen LogP contribution in [-0.4, -0.2) is 25.2 Å². The fourth-order valence-corrected chi connectivity index (χ4v) is 2.86. The topological polar surface area (TPSA) is 80.9 Å². The molecular weight excluding hydrogens is 413 g/mol. The minimum absolute atomic E-state index is 0.178. The first-order valence-corrected chi connectivity index (χ1v) is 8.99. The molecule has 6 nitrogen and oxygen atoms in total. The fraction of sp³-hybridized carbons (Fsp3) is 0.136. The summed E-state index contributed by atoms with van der Waals surface area (Å²) in [7, 11) is 1.30. The van der Waals surface area contributed by atoms with Crippen molar-refractivity contribution in [2.24, 2.45) is 5.10 Å². The van der Waals surface area contributed by atoms with Crippen LogP contribution in [-0.2, 0) is 10.9 Å². The molecule has 3 rings (SSSR count). The number of furan rings is 1. The van der Waals surface area contributed by atoms with Gasteiger partial charge in [0.25, 0.3) is 5.91 Å². The van der Waals surface area contributed by atoms with Gasteiger partial charge in [0.05, 0.1) is 24.5 Å². The Morgan fingerprint density at radius 3 is 2.55 bits per heavy atom. The van der Waals surface area contributed by atoms with Crippen LogP contribution in [0.25, 0.3) is 11.3 Å². The molecule has 0 unspecified atom stereocenters. The van der Waals surface area contributed by atoms with Crippen molar-refractivity contribution in [3.05, 3.63) is 82.6 Å². The van der Waals surface area contributed by atoms with Gasteiger partial charge in [-0.15, -0.1) is 0 Å². The lowest BCUT2D eigenvalue weighted by molar-refractivity contribution is -0.137. The van der Waals surface area contributed by atoms with E-state index in [0.717, 1.165) is 18.2 Å². The Bertz CT molecular complexity index is 1150. The van der Waals surface area contributed by atoms with Crippen LogP contribution in [0.4, 0.5) is 13.2 Å². The first-order valence-electron chi connectivity index (χ1n) is 8.99. The zero-order valence-corrected chi connectivity index (χ0v) is 16.5. The number of amides is 1. The van der Waals surface area contributed by atoms with Crippen molar-refractivity contribution in [1.29, 1.82) is 0 Å². The average molecular weight is 430 g/mol. The minimum Gasteiger partial charge on any atom is -0.465 e. The second-order valence-corrected chi connectivity index (χ2v) is 6.45. The molecule has 0 bridgehead atoms. The maximum absolute atomic E-state index is 12.8. The van der Waals surface area contributed by atoms with Gasteiger partial charge in [0.1, 0.15) is 11.5 Å². The van der Waals surface area contributed by atoms with Crippen LogP contribution in [0.5, 0.6) is 0 Å².